The maximum absolute atomic E-state index is 12.1. The van der Waals surface area contributed by atoms with Crippen LogP contribution >= 0.6 is 23.1 Å². The molecule has 0 spiro atoms. The standard InChI is InChI=1S/C17H16N4O2S2/c1-11-4-6-12(7-5-11)19-15(22)9-14-16(23)20-17(25-14)21-18-10-13-3-2-8-24-13/h2-8,10,14H,9H2,1H3,(H,19,22)(H,20,21,23)/b18-10+. The fourth-order valence-electron chi connectivity index (χ4n) is 2.11. The van der Waals surface area contributed by atoms with E-state index < -0.39 is 5.25 Å². The van der Waals surface area contributed by atoms with E-state index in [0.717, 1.165) is 10.4 Å². The number of amides is 2. The number of carbonyl (C=O) groups is 2. The molecule has 2 heterocycles. The van der Waals surface area contributed by atoms with Crippen molar-refractivity contribution in [2.45, 2.75) is 18.6 Å². The van der Waals surface area contributed by atoms with Crippen LogP contribution in [0.3, 0.4) is 0 Å². The number of nitrogens with one attached hydrogen (secondary N) is 2. The smallest absolute Gasteiger partial charge is 0.240 e. The predicted octanol–water partition coefficient (Wildman–Crippen LogP) is 3.01. The Hall–Kier alpha value is -2.45. The van der Waals surface area contributed by atoms with E-state index in [1.807, 2.05) is 48.7 Å². The average Bonchev–Trinajstić information content (AvgIpc) is 3.20. The molecule has 1 unspecified atom stereocenters. The number of amidine groups is 1. The maximum atomic E-state index is 12.1. The highest BCUT2D eigenvalue weighted by Gasteiger charge is 2.32. The molecule has 1 fully saturated rings. The number of carbonyl (C=O) groups excluding carboxylic acids is 2. The maximum Gasteiger partial charge on any atom is 0.240 e. The molecule has 0 radical (unpaired) electrons. The molecule has 0 bridgehead atoms. The van der Waals surface area contributed by atoms with Crippen molar-refractivity contribution in [2.75, 3.05) is 5.32 Å². The highest BCUT2D eigenvalue weighted by atomic mass is 32.2. The van der Waals surface area contributed by atoms with Gasteiger partial charge in [0, 0.05) is 17.0 Å². The first-order valence-electron chi connectivity index (χ1n) is 7.59. The summed E-state index contributed by atoms with van der Waals surface area (Å²) in [6, 6.07) is 11.4. The predicted molar refractivity (Wildman–Crippen MR) is 103 cm³/mol. The zero-order chi connectivity index (χ0) is 17.6. The quantitative estimate of drug-likeness (QED) is 0.625. The molecule has 2 amide bonds. The molecule has 2 N–H and O–H groups in total. The summed E-state index contributed by atoms with van der Waals surface area (Å²) in [6.45, 7) is 1.98. The van der Waals surface area contributed by atoms with E-state index in [0.29, 0.717) is 10.9 Å². The van der Waals surface area contributed by atoms with Crippen LogP contribution < -0.4 is 10.6 Å². The molecule has 0 saturated carbocycles. The van der Waals surface area contributed by atoms with Crippen LogP contribution in [-0.2, 0) is 9.59 Å². The fraction of sp³-hybridized carbons (Fsp3) is 0.176. The van der Waals surface area contributed by atoms with Crippen LogP contribution in [0.5, 0.6) is 0 Å². The van der Waals surface area contributed by atoms with Crippen LogP contribution in [-0.4, -0.2) is 28.4 Å². The minimum atomic E-state index is -0.499. The van der Waals surface area contributed by atoms with Crippen LogP contribution in [0.1, 0.15) is 16.9 Å². The largest absolute Gasteiger partial charge is 0.326 e. The molecule has 0 aliphatic carbocycles. The van der Waals surface area contributed by atoms with Crippen molar-refractivity contribution in [3.63, 3.8) is 0 Å². The number of thiophene rings is 1. The van der Waals surface area contributed by atoms with Gasteiger partial charge in [-0.25, -0.2) is 0 Å². The molecule has 25 heavy (non-hydrogen) atoms. The van der Waals surface area contributed by atoms with Crippen molar-refractivity contribution in [3.8, 4) is 0 Å². The molecular formula is C17H16N4O2S2. The van der Waals surface area contributed by atoms with E-state index in [2.05, 4.69) is 20.8 Å². The van der Waals surface area contributed by atoms with Gasteiger partial charge in [0.25, 0.3) is 0 Å². The highest BCUT2D eigenvalue weighted by molar-refractivity contribution is 8.15. The summed E-state index contributed by atoms with van der Waals surface area (Å²) in [5.41, 5.74) is 1.83. The lowest BCUT2D eigenvalue weighted by Crippen LogP contribution is -2.28. The van der Waals surface area contributed by atoms with E-state index in [1.54, 1.807) is 17.6 Å². The zero-order valence-corrected chi connectivity index (χ0v) is 15.1. The van der Waals surface area contributed by atoms with Crippen molar-refractivity contribution in [1.82, 2.24) is 5.32 Å². The van der Waals surface area contributed by atoms with Gasteiger partial charge in [-0.15, -0.1) is 16.4 Å². The van der Waals surface area contributed by atoms with Gasteiger partial charge >= 0.3 is 0 Å². The molecule has 1 aliphatic heterocycles. The van der Waals surface area contributed by atoms with Crippen molar-refractivity contribution in [2.24, 2.45) is 10.2 Å². The SMILES string of the molecule is Cc1ccc(NC(=O)CC2S/C(=N/N=C/c3cccs3)NC2=O)cc1. The first-order valence-corrected chi connectivity index (χ1v) is 9.34. The van der Waals surface area contributed by atoms with E-state index >= 15 is 0 Å². The third-order valence-corrected chi connectivity index (χ3v) is 5.24. The van der Waals surface area contributed by atoms with Crippen LogP contribution in [0.15, 0.2) is 52.0 Å². The van der Waals surface area contributed by atoms with E-state index in [4.69, 9.17) is 0 Å². The number of thioether (sulfide) groups is 1. The number of anilines is 1. The monoisotopic (exact) mass is 372 g/mol. The third-order valence-electron chi connectivity index (χ3n) is 3.36. The third kappa shape index (κ3) is 5.01. The summed E-state index contributed by atoms with van der Waals surface area (Å²) in [5, 5.41) is 15.2. The van der Waals surface area contributed by atoms with E-state index in [-0.39, 0.29) is 18.2 Å². The Morgan fingerprint density at radius 3 is 2.84 bits per heavy atom. The fourth-order valence-corrected chi connectivity index (χ4v) is 3.61. The molecule has 1 aromatic heterocycles. The molecule has 1 aromatic carbocycles. The van der Waals surface area contributed by atoms with E-state index in [9.17, 15) is 9.59 Å². The van der Waals surface area contributed by atoms with Crippen molar-refractivity contribution >= 4 is 52.0 Å². The zero-order valence-electron chi connectivity index (χ0n) is 13.4. The molecule has 1 aliphatic rings. The van der Waals surface area contributed by atoms with Crippen molar-refractivity contribution in [1.29, 1.82) is 0 Å². The summed E-state index contributed by atoms with van der Waals surface area (Å²) in [6.07, 6.45) is 1.71. The first kappa shape index (κ1) is 17.4. The number of benzene rings is 1. The van der Waals surface area contributed by atoms with Gasteiger partial charge in [-0.1, -0.05) is 35.5 Å². The Kier molecular flexibility index (Phi) is 5.62. The summed E-state index contributed by atoms with van der Waals surface area (Å²) >= 11 is 2.77. The molecule has 3 rings (SSSR count). The number of nitrogens with zero attached hydrogens (tertiary/aromatic N) is 2. The lowest BCUT2D eigenvalue weighted by Gasteiger charge is -2.07. The molecule has 6 nitrogen and oxygen atoms in total. The Morgan fingerprint density at radius 2 is 2.12 bits per heavy atom. The first-order chi connectivity index (χ1) is 12.1. The van der Waals surface area contributed by atoms with Gasteiger partial charge in [-0.05, 0) is 30.5 Å². The van der Waals surface area contributed by atoms with E-state index in [1.165, 1.54) is 11.8 Å². The topological polar surface area (TPSA) is 82.9 Å². The molecule has 1 atom stereocenters. The Morgan fingerprint density at radius 1 is 1.32 bits per heavy atom. The Balaban J connectivity index is 1.53. The molecule has 1 saturated heterocycles. The lowest BCUT2D eigenvalue weighted by atomic mass is 10.2. The van der Waals surface area contributed by atoms with Crippen LogP contribution in [0.2, 0.25) is 0 Å². The number of rotatable bonds is 5. The van der Waals surface area contributed by atoms with Crippen molar-refractivity contribution in [3.05, 3.63) is 52.2 Å². The number of aryl methyl sites for hydroxylation is 1. The molecule has 2 aromatic rings. The lowest BCUT2D eigenvalue weighted by molar-refractivity contribution is -0.122. The summed E-state index contributed by atoms with van der Waals surface area (Å²) in [7, 11) is 0. The van der Waals surface area contributed by atoms with Gasteiger partial charge in [0.15, 0.2) is 5.17 Å². The van der Waals surface area contributed by atoms with Gasteiger partial charge < -0.3 is 10.6 Å². The second kappa shape index (κ2) is 8.09. The van der Waals surface area contributed by atoms with Crippen LogP contribution in [0.25, 0.3) is 0 Å². The number of hydrogen-bond acceptors (Lipinski definition) is 6. The molecular weight excluding hydrogens is 356 g/mol. The second-order valence-electron chi connectivity index (χ2n) is 5.38. The van der Waals surface area contributed by atoms with Crippen LogP contribution in [0.4, 0.5) is 5.69 Å². The summed E-state index contributed by atoms with van der Waals surface area (Å²) < 4.78 is 0. The van der Waals surface area contributed by atoms with Gasteiger partial charge in [-0.3, -0.25) is 9.59 Å². The second-order valence-corrected chi connectivity index (χ2v) is 7.55. The highest BCUT2D eigenvalue weighted by Crippen LogP contribution is 2.23. The van der Waals surface area contributed by atoms with Gasteiger partial charge in [-0.2, -0.15) is 5.10 Å². The molecule has 8 heteroatoms. The minimum absolute atomic E-state index is 0.0814. The van der Waals surface area contributed by atoms with Crippen LogP contribution in [0, 0.1) is 6.92 Å². The minimum Gasteiger partial charge on any atom is -0.326 e. The Bertz CT molecular complexity index is 814. The summed E-state index contributed by atoms with van der Waals surface area (Å²) in [4.78, 5) is 25.0. The molecule has 128 valence electrons. The van der Waals surface area contributed by atoms with Gasteiger partial charge in [0.05, 0.1) is 6.21 Å². The Labute approximate surface area is 153 Å². The normalized spacial score (nSPS) is 18.7. The van der Waals surface area contributed by atoms with Gasteiger partial charge in [0.1, 0.15) is 5.25 Å². The number of hydrogen-bond donors (Lipinski definition) is 2. The van der Waals surface area contributed by atoms with Crippen molar-refractivity contribution < 1.29 is 9.59 Å². The van der Waals surface area contributed by atoms with Gasteiger partial charge in [0.2, 0.25) is 11.8 Å². The average molecular weight is 372 g/mol. The summed E-state index contributed by atoms with van der Waals surface area (Å²) in [5.74, 6) is -0.436.